The molecule has 1 N–H and O–H groups in total. The maximum atomic E-state index is 13.3. The maximum Gasteiger partial charge on any atom is 0.141 e. The van der Waals surface area contributed by atoms with Crippen LogP contribution in [0.25, 0.3) is 0 Å². The molecule has 0 fully saturated rings. The molecule has 21 heavy (non-hydrogen) atoms. The van der Waals surface area contributed by atoms with Crippen molar-refractivity contribution in [1.29, 1.82) is 0 Å². The van der Waals surface area contributed by atoms with E-state index in [2.05, 4.69) is 40.3 Å². The van der Waals surface area contributed by atoms with Gasteiger partial charge in [-0.05, 0) is 48.4 Å². The predicted molar refractivity (Wildman–Crippen MR) is 90.5 cm³/mol. The van der Waals surface area contributed by atoms with Crippen molar-refractivity contribution in [2.75, 3.05) is 13.1 Å². The van der Waals surface area contributed by atoms with Crippen LogP contribution in [0.3, 0.4) is 0 Å². The molecule has 0 aliphatic rings. The molecule has 0 aliphatic carbocycles. The third-order valence-corrected chi connectivity index (χ3v) is 4.21. The van der Waals surface area contributed by atoms with E-state index in [1.165, 1.54) is 11.6 Å². The average Bonchev–Trinajstić information content (AvgIpc) is 2.47. The van der Waals surface area contributed by atoms with Crippen LogP contribution in [0.2, 0.25) is 5.02 Å². The van der Waals surface area contributed by atoms with E-state index in [0.717, 1.165) is 29.5 Å². The number of hydrogen-bond acceptors (Lipinski definition) is 1. The second-order valence-electron chi connectivity index (χ2n) is 5.01. The Kier molecular flexibility index (Phi) is 6.22. The molecule has 0 heterocycles. The molecule has 1 nitrogen and oxygen atoms in total. The summed E-state index contributed by atoms with van der Waals surface area (Å²) in [6.07, 6.45) is 0.823. The second kappa shape index (κ2) is 7.92. The summed E-state index contributed by atoms with van der Waals surface area (Å²) >= 11 is 9.39. The summed E-state index contributed by atoms with van der Waals surface area (Å²) < 4.78 is 14.3. The highest BCUT2D eigenvalue weighted by atomic mass is 79.9. The lowest BCUT2D eigenvalue weighted by atomic mass is 9.92. The SMILES string of the molecule is CCNCC(Cc1ccc(F)c(Cl)c1)c1cccc(Br)c1. The molecular weight excluding hydrogens is 353 g/mol. The third-order valence-electron chi connectivity index (χ3n) is 3.43. The number of rotatable bonds is 6. The first-order valence-corrected chi connectivity index (χ1v) is 8.17. The van der Waals surface area contributed by atoms with Crippen molar-refractivity contribution in [3.8, 4) is 0 Å². The summed E-state index contributed by atoms with van der Waals surface area (Å²) in [5.74, 6) is -0.0462. The van der Waals surface area contributed by atoms with Gasteiger partial charge in [0.15, 0.2) is 0 Å². The number of nitrogens with one attached hydrogen (secondary N) is 1. The molecule has 0 amide bonds. The fourth-order valence-corrected chi connectivity index (χ4v) is 2.96. The maximum absolute atomic E-state index is 13.3. The van der Waals surface area contributed by atoms with E-state index in [9.17, 15) is 4.39 Å². The van der Waals surface area contributed by atoms with Gasteiger partial charge in [0, 0.05) is 16.9 Å². The molecule has 0 saturated heterocycles. The van der Waals surface area contributed by atoms with E-state index >= 15 is 0 Å². The Labute approximate surface area is 138 Å². The van der Waals surface area contributed by atoms with Crippen LogP contribution in [0.15, 0.2) is 46.9 Å². The normalized spacial score (nSPS) is 12.4. The molecule has 0 aromatic heterocycles. The standard InChI is InChI=1S/C17H18BrClFN/c1-2-21-11-14(13-4-3-5-15(18)10-13)8-12-6-7-17(20)16(19)9-12/h3-7,9-10,14,21H,2,8,11H2,1H3. The van der Waals surface area contributed by atoms with Crippen molar-refractivity contribution in [2.45, 2.75) is 19.3 Å². The first-order valence-electron chi connectivity index (χ1n) is 7.00. The first kappa shape index (κ1) is 16.5. The van der Waals surface area contributed by atoms with Gasteiger partial charge in [0.1, 0.15) is 5.82 Å². The zero-order chi connectivity index (χ0) is 15.2. The molecule has 0 bridgehead atoms. The van der Waals surface area contributed by atoms with Crippen LogP contribution in [0.4, 0.5) is 4.39 Å². The first-order chi connectivity index (χ1) is 10.1. The summed E-state index contributed by atoms with van der Waals surface area (Å²) in [7, 11) is 0. The Balaban J connectivity index is 2.21. The van der Waals surface area contributed by atoms with Crippen molar-refractivity contribution in [2.24, 2.45) is 0 Å². The van der Waals surface area contributed by atoms with Crippen LogP contribution in [-0.4, -0.2) is 13.1 Å². The Bertz CT molecular complexity index is 603. The molecule has 2 aromatic rings. The van der Waals surface area contributed by atoms with Crippen LogP contribution in [0.1, 0.15) is 24.0 Å². The monoisotopic (exact) mass is 369 g/mol. The molecule has 1 atom stereocenters. The van der Waals surface area contributed by atoms with Gasteiger partial charge >= 0.3 is 0 Å². The van der Waals surface area contributed by atoms with Crippen LogP contribution in [0.5, 0.6) is 0 Å². The molecule has 4 heteroatoms. The van der Waals surface area contributed by atoms with E-state index in [0.29, 0.717) is 5.92 Å². The van der Waals surface area contributed by atoms with Crippen molar-refractivity contribution in [3.63, 3.8) is 0 Å². The van der Waals surface area contributed by atoms with Crippen molar-refractivity contribution >= 4 is 27.5 Å². The Morgan fingerprint density at radius 3 is 2.71 bits per heavy atom. The van der Waals surface area contributed by atoms with Crippen molar-refractivity contribution in [3.05, 3.63) is 68.9 Å². The molecule has 1 unspecified atom stereocenters. The largest absolute Gasteiger partial charge is 0.316 e. The number of hydrogen-bond donors (Lipinski definition) is 1. The van der Waals surface area contributed by atoms with Crippen LogP contribution in [0, 0.1) is 5.82 Å². The van der Waals surface area contributed by atoms with E-state index in [1.807, 2.05) is 12.1 Å². The van der Waals surface area contributed by atoms with Gasteiger partial charge in [-0.2, -0.15) is 0 Å². The summed E-state index contributed by atoms with van der Waals surface area (Å²) in [6, 6.07) is 13.3. The van der Waals surface area contributed by atoms with Gasteiger partial charge in [-0.15, -0.1) is 0 Å². The lowest BCUT2D eigenvalue weighted by Gasteiger charge is -2.18. The van der Waals surface area contributed by atoms with Crippen molar-refractivity contribution in [1.82, 2.24) is 5.32 Å². The van der Waals surface area contributed by atoms with Gasteiger partial charge < -0.3 is 5.32 Å². The van der Waals surface area contributed by atoms with Crippen LogP contribution in [-0.2, 0) is 6.42 Å². The summed E-state index contributed by atoms with van der Waals surface area (Å²) in [5, 5.41) is 3.57. The minimum atomic E-state index is -0.369. The van der Waals surface area contributed by atoms with E-state index < -0.39 is 0 Å². The molecule has 0 saturated carbocycles. The molecule has 0 spiro atoms. The Morgan fingerprint density at radius 1 is 1.24 bits per heavy atom. The van der Waals surface area contributed by atoms with Crippen molar-refractivity contribution < 1.29 is 4.39 Å². The fourth-order valence-electron chi connectivity index (χ4n) is 2.34. The molecule has 0 radical (unpaired) electrons. The van der Waals surface area contributed by atoms with Gasteiger partial charge in [-0.1, -0.05) is 52.7 Å². The average molecular weight is 371 g/mol. The topological polar surface area (TPSA) is 12.0 Å². The van der Waals surface area contributed by atoms with E-state index in [1.54, 1.807) is 12.1 Å². The highest BCUT2D eigenvalue weighted by Gasteiger charge is 2.13. The molecule has 0 aliphatic heterocycles. The zero-order valence-electron chi connectivity index (χ0n) is 11.9. The van der Waals surface area contributed by atoms with Crippen LogP contribution < -0.4 is 5.32 Å². The number of benzene rings is 2. The minimum absolute atomic E-state index is 0.184. The summed E-state index contributed by atoms with van der Waals surface area (Å²) in [6.45, 7) is 3.89. The summed E-state index contributed by atoms with van der Waals surface area (Å²) in [5.41, 5.74) is 2.30. The number of halogens is 3. The Morgan fingerprint density at radius 2 is 2.05 bits per heavy atom. The molecule has 112 valence electrons. The van der Waals surface area contributed by atoms with Crippen LogP contribution >= 0.6 is 27.5 Å². The highest BCUT2D eigenvalue weighted by molar-refractivity contribution is 9.10. The smallest absolute Gasteiger partial charge is 0.141 e. The zero-order valence-corrected chi connectivity index (χ0v) is 14.2. The number of likely N-dealkylation sites (N-methyl/N-ethyl adjacent to an activating group) is 1. The summed E-state index contributed by atoms with van der Waals surface area (Å²) in [4.78, 5) is 0. The minimum Gasteiger partial charge on any atom is -0.316 e. The quantitative estimate of drug-likeness (QED) is 0.739. The van der Waals surface area contributed by atoms with E-state index in [-0.39, 0.29) is 10.8 Å². The third kappa shape index (κ3) is 4.80. The van der Waals surface area contributed by atoms with Gasteiger partial charge in [-0.3, -0.25) is 0 Å². The van der Waals surface area contributed by atoms with E-state index in [4.69, 9.17) is 11.6 Å². The lowest BCUT2D eigenvalue weighted by Crippen LogP contribution is -2.22. The second-order valence-corrected chi connectivity index (χ2v) is 6.34. The molecule has 2 rings (SSSR count). The molecular formula is C17H18BrClFN. The lowest BCUT2D eigenvalue weighted by molar-refractivity contribution is 0.592. The molecule has 2 aromatic carbocycles. The highest BCUT2D eigenvalue weighted by Crippen LogP contribution is 2.25. The predicted octanol–water partition coefficient (Wildman–Crippen LogP) is 5.18. The Hall–Kier alpha value is -0.900. The van der Waals surface area contributed by atoms with Gasteiger partial charge in [-0.25, -0.2) is 4.39 Å². The fraction of sp³-hybridized carbons (Fsp3) is 0.294. The van der Waals surface area contributed by atoms with Gasteiger partial charge in [0.05, 0.1) is 5.02 Å². The van der Waals surface area contributed by atoms with Gasteiger partial charge in [0.2, 0.25) is 0 Å². The van der Waals surface area contributed by atoms with Gasteiger partial charge in [0.25, 0.3) is 0 Å².